The molecule has 2 heterocycles. The molecule has 0 bridgehead atoms. The molecule has 1 amide bonds. The summed E-state index contributed by atoms with van der Waals surface area (Å²) in [6.45, 7) is 2.96. The summed E-state index contributed by atoms with van der Waals surface area (Å²) < 4.78 is 5.32. The van der Waals surface area contributed by atoms with Gasteiger partial charge in [-0.05, 0) is 13.0 Å². The van der Waals surface area contributed by atoms with Crippen LogP contribution >= 0.6 is 0 Å². The molecule has 2 saturated heterocycles. The third kappa shape index (κ3) is 1.69. The minimum Gasteiger partial charge on any atom is -0.371 e. The summed E-state index contributed by atoms with van der Waals surface area (Å²) in [5.74, 6) is 0.597. The van der Waals surface area contributed by atoms with Gasteiger partial charge >= 0.3 is 0 Å². The molecule has 2 aliphatic rings. The number of ether oxygens (including phenoxy) is 1. The topological polar surface area (TPSA) is 41.6 Å². The van der Waals surface area contributed by atoms with E-state index in [2.05, 4.69) is 5.32 Å². The van der Waals surface area contributed by atoms with Crippen LogP contribution in [0.5, 0.6) is 0 Å². The molecule has 0 unspecified atom stereocenters. The van der Waals surface area contributed by atoms with Gasteiger partial charge in [-0.25, -0.2) is 0 Å². The predicted molar refractivity (Wildman–Crippen MR) is 48.4 cm³/mol. The van der Waals surface area contributed by atoms with Crippen LogP contribution in [0.1, 0.15) is 6.42 Å². The van der Waals surface area contributed by atoms with E-state index in [1.807, 2.05) is 11.9 Å². The molecule has 0 radical (unpaired) electrons. The number of carbonyl (C=O) groups is 1. The molecule has 13 heavy (non-hydrogen) atoms. The van der Waals surface area contributed by atoms with E-state index in [1.54, 1.807) is 0 Å². The van der Waals surface area contributed by atoms with Gasteiger partial charge in [0.1, 0.15) is 6.61 Å². The Morgan fingerprint density at radius 1 is 1.62 bits per heavy atom. The number of rotatable bonds is 0. The van der Waals surface area contributed by atoms with Crippen molar-refractivity contribution >= 4 is 5.91 Å². The zero-order valence-corrected chi connectivity index (χ0v) is 7.95. The molecular weight excluding hydrogens is 168 g/mol. The Bertz CT molecular complexity index is 208. The van der Waals surface area contributed by atoms with Gasteiger partial charge in [-0.2, -0.15) is 0 Å². The number of piperidine rings is 1. The number of hydrogen-bond acceptors (Lipinski definition) is 3. The first-order valence-corrected chi connectivity index (χ1v) is 4.83. The number of fused-ring (bicyclic) bond motifs is 1. The zero-order valence-electron chi connectivity index (χ0n) is 7.95. The lowest BCUT2D eigenvalue weighted by Gasteiger charge is -2.35. The first-order valence-electron chi connectivity index (χ1n) is 4.83. The predicted octanol–water partition coefficient (Wildman–Crippen LogP) is -0.547. The van der Waals surface area contributed by atoms with Crippen molar-refractivity contribution < 1.29 is 9.53 Å². The maximum absolute atomic E-state index is 11.4. The molecule has 74 valence electrons. The maximum atomic E-state index is 11.4. The van der Waals surface area contributed by atoms with Crippen LogP contribution in [-0.4, -0.2) is 50.2 Å². The average Bonchev–Trinajstić information content (AvgIpc) is 2.29. The molecule has 2 aliphatic heterocycles. The lowest BCUT2D eigenvalue weighted by molar-refractivity contribution is -0.134. The van der Waals surface area contributed by atoms with Gasteiger partial charge in [0.05, 0.1) is 6.61 Å². The largest absolute Gasteiger partial charge is 0.371 e. The molecule has 4 nitrogen and oxygen atoms in total. The standard InChI is InChI=1S/C9H16N2O2/c1-11-8-2-3-10-4-7(8)5-13-6-9(11)12/h7-8,10H,2-6H2,1H3/t7-,8+/m0/s1. The van der Waals surface area contributed by atoms with Gasteiger partial charge in [0.25, 0.3) is 0 Å². The Labute approximate surface area is 78.2 Å². The molecule has 0 spiro atoms. The summed E-state index contributed by atoms with van der Waals surface area (Å²) in [5.41, 5.74) is 0. The van der Waals surface area contributed by atoms with Crippen molar-refractivity contribution in [3.05, 3.63) is 0 Å². The molecular formula is C9H16N2O2. The summed E-state index contributed by atoms with van der Waals surface area (Å²) >= 11 is 0. The van der Waals surface area contributed by atoms with Gasteiger partial charge in [-0.1, -0.05) is 0 Å². The summed E-state index contributed by atoms with van der Waals surface area (Å²) in [7, 11) is 1.89. The van der Waals surface area contributed by atoms with Crippen LogP contribution in [0.4, 0.5) is 0 Å². The molecule has 0 aliphatic carbocycles. The SMILES string of the molecule is CN1C(=O)COC[C@@H]2CNCC[C@H]21. The van der Waals surface area contributed by atoms with E-state index < -0.39 is 0 Å². The number of carbonyl (C=O) groups excluding carboxylic acids is 1. The highest BCUT2D eigenvalue weighted by molar-refractivity contribution is 5.77. The molecule has 2 atom stereocenters. The normalized spacial score (nSPS) is 35.5. The van der Waals surface area contributed by atoms with E-state index >= 15 is 0 Å². The third-order valence-electron chi connectivity index (χ3n) is 3.02. The van der Waals surface area contributed by atoms with Crippen molar-refractivity contribution in [2.45, 2.75) is 12.5 Å². The maximum Gasteiger partial charge on any atom is 0.248 e. The highest BCUT2D eigenvalue weighted by Crippen LogP contribution is 2.20. The van der Waals surface area contributed by atoms with E-state index in [4.69, 9.17) is 4.74 Å². The van der Waals surface area contributed by atoms with E-state index in [0.717, 1.165) is 19.5 Å². The molecule has 4 heteroatoms. The van der Waals surface area contributed by atoms with Crippen molar-refractivity contribution in [3.8, 4) is 0 Å². The summed E-state index contributed by atoms with van der Waals surface area (Å²) in [6, 6.07) is 0.385. The number of likely N-dealkylation sites (N-methyl/N-ethyl adjacent to an activating group) is 1. The number of nitrogens with zero attached hydrogens (tertiary/aromatic N) is 1. The summed E-state index contributed by atoms with van der Waals surface area (Å²) in [6.07, 6.45) is 1.05. The first-order chi connectivity index (χ1) is 6.29. The highest BCUT2D eigenvalue weighted by atomic mass is 16.5. The molecule has 1 N–H and O–H groups in total. The van der Waals surface area contributed by atoms with E-state index in [1.165, 1.54) is 0 Å². The molecule has 0 saturated carbocycles. The molecule has 2 fully saturated rings. The van der Waals surface area contributed by atoms with Crippen LogP contribution in [0.2, 0.25) is 0 Å². The Kier molecular flexibility index (Phi) is 2.51. The average molecular weight is 184 g/mol. The summed E-state index contributed by atoms with van der Waals surface area (Å²) in [5, 5.41) is 3.33. The second-order valence-corrected chi connectivity index (χ2v) is 3.84. The van der Waals surface area contributed by atoms with Crippen LogP contribution in [-0.2, 0) is 9.53 Å². The van der Waals surface area contributed by atoms with Gasteiger partial charge in [-0.15, -0.1) is 0 Å². The van der Waals surface area contributed by atoms with Crippen molar-refractivity contribution in [1.82, 2.24) is 10.2 Å². The van der Waals surface area contributed by atoms with Crippen molar-refractivity contribution in [2.24, 2.45) is 5.92 Å². The van der Waals surface area contributed by atoms with Crippen LogP contribution < -0.4 is 5.32 Å². The number of amides is 1. The fraction of sp³-hybridized carbons (Fsp3) is 0.889. The quantitative estimate of drug-likeness (QED) is 0.549. The van der Waals surface area contributed by atoms with Crippen molar-refractivity contribution in [1.29, 1.82) is 0 Å². The zero-order chi connectivity index (χ0) is 9.26. The van der Waals surface area contributed by atoms with E-state index in [0.29, 0.717) is 18.6 Å². The Morgan fingerprint density at radius 2 is 2.46 bits per heavy atom. The lowest BCUT2D eigenvalue weighted by atomic mass is 9.93. The molecule has 0 aromatic carbocycles. The number of nitrogens with one attached hydrogen (secondary N) is 1. The van der Waals surface area contributed by atoms with Crippen LogP contribution in [0.3, 0.4) is 0 Å². The molecule has 0 aromatic heterocycles. The van der Waals surface area contributed by atoms with E-state index in [9.17, 15) is 4.79 Å². The Balaban J connectivity index is 2.11. The van der Waals surface area contributed by atoms with Gasteiger partial charge < -0.3 is 15.0 Å². The Hall–Kier alpha value is -0.610. The fourth-order valence-corrected chi connectivity index (χ4v) is 2.17. The second kappa shape index (κ2) is 3.64. The van der Waals surface area contributed by atoms with Gasteiger partial charge in [0.2, 0.25) is 5.91 Å². The monoisotopic (exact) mass is 184 g/mol. The highest BCUT2D eigenvalue weighted by Gasteiger charge is 2.33. The third-order valence-corrected chi connectivity index (χ3v) is 3.02. The summed E-state index contributed by atoms with van der Waals surface area (Å²) in [4.78, 5) is 13.3. The Morgan fingerprint density at radius 3 is 3.31 bits per heavy atom. The van der Waals surface area contributed by atoms with Crippen molar-refractivity contribution in [2.75, 3.05) is 33.4 Å². The smallest absolute Gasteiger partial charge is 0.248 e. The minimum absolute atomic E-state index is 0.120. The van der Waals surface area contributed by atoms with Gasteiger partial charge in [0.15, 0.2) is 0 Å². The second-order valence-electron chi connectivity index (χ2n) is 3.84. The number of hydrogen-bond donors (Lipinski definition) is 1. The van der Waals surface area contributed by atoms with Gasteiger partial charge in [0, 0.05) is 25.6 Å². The van der Waals surface area contributed by atoms with Crippen LogP contribution in [0.15, 0.2) is 0 Å². The van der Waals surface area contributed by atoms with Crippen LogP contribution in [0, 0.1) is 5.92 Å². The van der Waals surface area contributed by atoms with Crippen LogP contribution in [0.25, 0.3) is 0 Å². The minimum atomic E-state index is 0.120. The first kappa shape index (κ1) is 8.97. The molecule has 2 rings (SSSR count). The fourth-order valence-electron chi connectivity index (χ4n) is 2.17. The van der Waals surface area contributed by atoms with Gasteiger partial charge in [-0.3, -0.25) is 4.79 Å². The lowest BCUT2D eigenvalue weighted by Crippen LogP contribution is -2.49. The van der Waals surface area contributed by atoms with E-state index in [-0.39, 0.29) is 12.5 Å². The van der Waals surface area contributed by atoms with Crippen molar-refractivity contribution in [3.63, 3.8) is 0 Å². The molecule has 0 aromatic rings.